The minimum Gasteiger partial charge on any atom is -0.456 e. The van der Waals surface area contributed by atoms with Crippen molar-refractivity contribution < 1.29 is 29.6 Å². The molecule has 0 aromatic carbocycles. The van der Waals surface area contributed by atoms with Crippen molar-refractivity contribution in [1.82, 2.24) is 0 Å². The van der Waals surface area contributed by atoms with E-state index in [1.54, 1.807) is 18.2 Å². The summed E-state index contributed by atoms with van der Waals surface area (Å²) in [5.74, 6) is -0.588. The molecule has 0 radical (unpaired) electrons. The number of fused-ring (bicyclic) bond motifs is 2. The zero-order valence-corrected chi connectivity index (χ0v) is 17.4. The summed E-state index contributed by atoms with van der Waals surface area (Å²) in [6.07, 6.45) is 12.4. The van der Waals surface area contributed by atoms with E-state index in [0.29, 0.717) is 12.8 Å². The van der Waals surface area contributed by atoms with Crippen LogP contribution in [0.1, 0.15) is 52.4 Å². The van der Waals surface area contributed by atoms with Gasteiger partial charge in [0.1, 0.15) is 12.2 Å². The van der Waals surface area contributed by atoms with Crippen LogP contribution in [0.4, 0.5) is 0 Å². The number of rotatable bonds is 2. The molecule has 2 rings (SSSR count). The Morgan fingerprint density at radius 3 is 2.76 bits per heavy atom. The van der Waals surface area contributed by atoms with E-state index in [0.717, 1.165) is 36.8 Å². The highest BCUT2D eigenvalue weighted by Crippen LogP contribution is 2.25. The third kappa shape index (κ3) is 8.66. The van der Waals surface area contributed by atoms with Gasteiger partial charge in [0.05, 0.1) is 24.9 Å². The van der Waals surface area contributed by atoms with Crippen molar-refractivity contribution in [2.75, 3.05) is 6.61 Å². The van der Waals surface area contributed by atoms with Crippen LogP contribution in [0.2, 0.25) is 0 Å². The lowest BCUT2D eigenvalue weighted by Crippen LogP contribution is -2.34. The number of hydrogen-bond acceptors (Lipinski definition) is 6. The Bertz CT molecular complexity index is 648. The second kappa shape index (κ2) is 12.1. The van der Waals surface area contributed by atoms with Crippen LogP contribution >= 0.6 is 0 Å². The number of ether oxygens (including phenoxy) is 2. The molecule has 2 heterocycles. The maximum Gasteiger partial charge on any atom is 0.331 e. The number of aliphatic hydroxyl groups is 3. The van der Waals surface area contributed by atoms with Gasteiger partial charge in [0.2, 0.25) is 0 Å². The van der Waals surface area contributed by atoms with Crippen LogP contribution in [0, 0.1) is 0 Å². The Kier molecular flexibility index (Phi) is 9.81. The molecule has 0 aromatic rings. The van der Waals surface area contributed by atoms with Crippen LogP contribution in [0.5, 0.6) is 0 Å². The van der Waals surface area contributed by atoms with E-state index < -0.39 is 30.9 Å². The van der Waals surface area contributed by atoms with Crippen LogP contribution in [0.25, 0.3) is 0 Å². The van der Waals surface area contributed by atoms with Crippen molar-refractivity contribution in [1.29, 1.82) is 0 Å². The topological polar surface area (TPSA) is 96.2 Å². The molecule has 5 atom stereocenters. The summed E-state index contributed by atoms with van der Waals surface area (Å²) in [7, 11) is 0. The molecule has 6 nitrogen and oxygen atoms in total. The molecular formula is C23H34O6. The molecule has 2 aliphatic rings. The Balaban J connectivity index is 2.21. The van der Waals surface area contributed by atoms with E-state index in [4.69, 9.17) is 9.47 Å². The molecule has 0 aliphatic carbocycles. The lowest BCUT2D eigenvalue weighted by molar-refractivity contribution is -0.150. The van der Waals surface area contributed by atoms with E-state index in [9.17, 15) is 20.1 Å². The standard InChI is InChI=1S/C23H34O6/c1-16-6-3-11-23(27)29-22(21(26)15-24)14-17(2)13-20-10-5-9-19(28-20)8-4-7-18(25)12-16/h3-4,6-7,11,13,18-22,24-26H,5,8-10,12,14-15H2,1-2H3/b7-4+,11-3+,16-6+,17-13+/t18?,19-,20-,21-,22+/m1/s1. The summed E-state index contributed by atoms with van der Waals surface area (Å²) in [5.41, 5.74) is 1.86. The quantitative estimate of drug-likeness (QED) is 0.482. The highest BCUT2D eigenvalue weighted by molar-refractivity contribution is 5.82. The highest BCUT2D eigenvalue weighted by atomic mass is 16.6. The van der Waals surface area contributed by atoms with Crippen molar-refractivity contribution in [3.63, 3.8) is 0 Å². The van der Waals surface area contributed by atoms with Crippen molar-refractivity contribution in [3.8, 4) is 0 Å². The largest absolute Gasteiger partial charge is 0.456 e. The fraction of sp³-hybridized carbons (Fsp3) is 0.609. The first kappa shape index (κ1) is 23.5. The minimum atomic E-state index is -1.15. The lowest BCUT2D eigenvalue weighted by Gasteiger charge is -2.29. The lowest BCUT2D eigenvalue weighted by atomic mass is 9.98. The Labute approximate surface area is 173 Å². The minimum absolute atomic E-state index is 0.0290. The normalized spacial score (nSPS) is 36.9. The van der Waals surface area contributed by atoms with Gasteiger partial charge in [-0.3, -0.25) is 0 Å². The number of hydrogen-bond donors (Lipinski definition) is 3. The monoisotopic (exact) mass is 406 g/mol. The molecule has 29 heavy (non-hydrogen) atoms. The second-order valence-electron chi connectivity index (χ2n) is 7.98. The molecule has 6 heteroatoms. The molecule has 1 saturated heterocycles. The summed E-state index contributed by atoms with van der Waals surface area (Å²) in [5, 5.41) is 29.5. The van der Waals surface area contributed by atoms with Gasteiger partial charge in [-0.05, 0) is 46.0 Å². The molecule has 0 saturated carbocycles. The van der Waals surface area contributed by atoms with Crippen molar-refractivity contribution in [2.24, 2.45) is 0 Å². The zero-order valence-electron chi connectivity index (χ0n) is 17.4. The van der Waals surface area contributed by atoms with E-state index in [1.165, 1.54) is 6.08 Å². The predicted octanol–water partition coefficient (Wildman–Crippen LogP) is 2.74. The van der Waals surface area contributed by atoms with Gasteiger partial charge in [-0.2, -0.15) is 0 Å². The number of cyclic esters (lactones) is 1. The number of carbonyl (C=O) groups is 1. The van der Waals surface area contributed by atoms with Crippen molar-refractivity contribution in [3.05, 3.63) is 47.6 Å². The van der Waals surface area contributed by atoms with E-state index in [1.807, 2.05) is 26.0 Å². The summed E-state index contributed by atoms with van der Waals surface area (Å²) in [6.45, 7) is 3.31. The van der Waals surface area contributed by atoms with Gasteiger partial charge in [-0.15, -0.1) is 0 Å². The molecule has 2 aliphatic heterocycles. The first-order valence-electron chi connectivity index (χ1n) is 10.4. The molecule has 162 valence electrons. The van der Waals surface area contributed by atoms with Crippen LogP contribution in [0.3, 0.4) is 0 Å². The first-order valence-corrected chi connectivity index (χ1v) is 10.4. The summed E-state index contributed by atoms with van der Waals surface area (Å²) in [6, 6.07) is 0. The number of esters is 1. The van der Waals surface area contributed by atoms with Gasteiger partial charge in [0.15, 0.2) is 0 Å². The molecular weight excluding hydrogens is 372 g/mol. The van der Waals surface area contributed by atoms with Gasteiger partial charge in [-0.25, -0.2) is 4.79 Å². The summed E-state index contributed by atoms with van der Waals surface area (Å²) < 4.78 is 11.5. The fourth-order valence-corrected chi connectivity index (χ4v) is 3.64. The van der Waals surface area contributed by atoms with Crippen LogP contribution < -0.4 is 0 Å². The zero-order chi connectivity index (χ0) is 21.2. The van der Waals surface area contributed by atoms with Gasteiger partial charge in [0, 0.05) is 12.5 Å². The van der Waals surface area contributed by atoms with Gasteiger partial charge >= 0.3 is 5.97 Å². The summed E-state index contributed by atoms with van der Waals surface area (Å²) >= 11 is 0. The number of carbonyl (C=O) groups excluding carboxylic acids is 1. The van der Waals surface area contributed by atoms with E-state index in [2.05, 4.69) is 0 Å². The number of aliphatic hydroxyl groups excluding tert-OH is 3. The molecule has 0 amide bonds. The number of allylic oxidation sites excluding steroid dienone is 2. The molecule has 0 aromatic heterocycles. The van der Waals surface area contributed by atoms with Crippen LogP contribution in [-0.2, 0) is 14.3 Å². The molecule has 3 N–H and O–H groups in total. The smallest absolute Gasteiger partial charge is 0.331 e. The Hall–Kier alpha value is -1.73. The molecule has 0 spiro atoms. The van der Waals surface area contributed by atoms with E-state index >= 15 is 0 Å². The summed E-state index contributed by atoms with van der Waals surface area (Å²) in [4.78, 5) is 12.1. The van der Waals surface area contributed by atoms with Gasteiger partial charge < -0.3 is 24.8 Å². The predicted molar refractivity (Wildman–Crippen MR) is 111 cm³/mol. The SMILES string of the molecule is C/C1=C\C=C\C(=O)O[C@H]([C@H](O)CO)C/C(C)=C/[C@H]2CCC[C@@H](C/C=C/C(O)C1)O2. The molecule has 1 unspecified atom stereocenters. The van der Waals surface area contributed by atoms with Crippen LogP contribution in [-0.4, -0.2) is 58.4 Å². The first-order chi connectivity index (χ1) is 13.9. The van der Waals surface area contributed by atoms with Crippen LogP contribution in [0.15, 0.2) is 47.6 Å². The van der Waals surface area contributed by atoms with Gasteiger partial charge in [-0.1, -0.05) is 41.5 Å². The average Bonchev–Trinajstić information content (AvgIpc) is 2.66. The maximum absolute atomic E-state index is 12.1. The molecule has 1 fully saturated rings. The Morgan fingerprint density at radius 1 is 1.21 bits per heavy atom. The second-order valence-corrected chi connectivity index (χ2v) is 7.98. The third-order valence-corrected chi connectivity index (χ3v) is 5.16. The fourth-order valence-electron chi connectivity index (χ4n) is 3.64. The van der Waals surface area contributed by atoms with Crippen molar-refractivity contribution >= 4 is 5.97 Å². The maximum atomic E-state index is 12.1. The van der Waals surface area contributed by atoms with E-state index in [-0.39, 0.29) is 12.2 Å². The molecule has 2 bridgehead atoms. The highest BCUT2D eigenvalue weighted by Gasteiger charge is 2.24. The van der Waals surface area contributed by atoms with Crippen molar-refractivity contribution in [2.45, 2.75) is 82.9 Å². The van der Waals surface area contributed by atoms with Gasteiger partial charge in [0.25, 0.3) is 0 Å². The average molecular weight is 407 g/mol. The Morgan fingerprint density at radius 2 is 2.00 bits per heavy atom. The third-order valence-electron chi connectivity index (χ3n) is 5.16.